The number of nitrogens with zero attached hydrogens (tertiary/aromatic N) is 2. The normalized spacial score (nSPS) is 13.4. The number of rotatable bonds is 7. The molecule has 3 rings (SSSR count). The van der Waals surface area contributed by atoms with Crippen molar-refractivity contribution in [3.63, 3.8) is 0 Å². The Hall–Kier alpha value is -2.89. The van der Waals surface area contributed by atoms with Crippen molar-refractivity contribution in [3.05, 3.63) is 33.0 Å². The number of fused-ring (bicyclic) bond motifs is 1. The molecule has 0 saturated carbocycles. The van der Waals surface area contributed by atoms with Gasteiger partial charge in [0.25, 0.3) is 0 Å². The lowest BCUT2D eigenvalue weighted by Gasteiger charge is -2.14. The van der Waals surface area contributed by atoms with Crippen molar-refractivity contribution in [1.29, 1.82) is 0 Å². The number of thiophene rings is 1. The number of hydrogen-bond donors (Lipinski definition) is 1. The molecule has 2 aromatic rings. The first-order valence-electron chi connectivity index (χ1n) is 10.5. The zero-order chi connectivity index (χ0) is 24.3. The van der Waals surface area contributed by atoms with E-state index < -0.39 is 36.3 Å². The van der Waals surface area contributed by atoms with Gasteiger partial charge in [0.05, 0.1) is 18.8 Å². The predicted molar refractivity (Wildman–Crippen MR) is 113 cm³/mol. The maximum atomic E-state index is 13.4. The predicted octanol–water partition coefficient (Wildman–Crippen LogP) is 4.14. The van der Waals surface area contributed by atoms with Crippen LogP contribution in [0.5, 0.6) is 0 Å². The number of nitrogens with one attached hydrogen (secondary N) is 1. The first-order valence-corrected chi connectivity index (χ1v) is 11.3. The summed E-state index contributed by atoms with van der Waals surface area (Å²) >= 11 is 0.849. The van der Waals surface area contributed by atoms with Gasteiger partial charge in [-0.25, -0.2) is 9.59 Å². The van der Waals surface area contributed by atoms with E-state index in [1.807, 2.05) is 0 Å². The quantitative estimate of drug-likeness (QED) is 0.590. The van der Waals surface area contributed by atoms with Crippen LogP contribution < -0.4 is 5.32 Å². The van der Waals surface area contributed by atoms with Gasteiger partial charge in [-0.1, -0.05) is 0 Å². The Labute approximate surface area is 192 Å². The zero-order valence-corrected chi connectivity index (χ0v) is 19.2. The first-order chi connectivity index (χ1) is 15.6. The highest BCUT2D eigenvalue weighted by Gasteiger charge is 2.39. The molecular formula is C21H24F3N3O5S. The van der Waals surface area contributed by atoms with Crippen LogP contribution >= 0.6 is 11.3 Å². The Balaban J connectivity index is 1.90. The highest BCUT2D eigenvalue weighted by molar-refractivity contribution is 7.18. The van der Waals surface area contributed by atoms with E-state index in [-0.39, 0.29) is 40.6 Å². The van der Waals surface area contributed by atoms with Crippen LogP contribution in [-0.4, -0.2) is 40.8 Å². The monoisotopic (exact) mass is 487 g/mol. The molecule has 1 aliphatic rings. The fraction of sp³-hybridized carbons (Fsp3) is 0.524. The van der Waals surface area contributed by atoms with E-state index >= 15 is 0 Å². The molecule has 0 atom stereocenters. The van der Waals surface area contributed by atoms with Gasteiger partial charge >= 0.3 is 18.1 Å². The van der Waals surface area contributed by atoms with Crippen molar-refractivity contribution in [1.82, 2.24) is 9.78 Å². The van der Waals surface area contributed by atoms with E-state index in [9.17, 15) is 27.6 Å². The number of carbonyl (C=O) groups is 3. The van der Waals surface area contributed by atoms with Crippen LogP contribution in [0.15, 0.2) is 0 Å². The summed E-state index contributed by atoms with van der Waals surface area (Å²) in [5, 5.41) is 6.28. The molecule has 0 spiro atoms. The van der Waals surface area contributed by atoms with Crippen molar-refractivity contribution < 1.29 is 37.0 Å². The van der Waals surface area contributed by atoms with E-state index in [4.69, 9.17) is 9.47 Å². The third-order valence-electron chi connectivity index (χ3n) is 5.16. The summed E-state index contributed by atoms with van der Waals surface area (Å²) in [6.45, 7) is 4.52. The third kappa shape index (κ3) is 5.21. The Kier molecular flexibility index (Phi) is 7.45. The van der Waals surface area contributed by atoms with Gasteiger partial charge < -0.3 is 14.8 Å². The van der Waals surface area contributed by atoms with Gasteiger partial charge in [-0.3, -0.25) is 9.48 Å². The smallest absolute Gasteiger partial charge is 0.435 e. The number of halogens is 3. The minimum absolute atomic E-state index is 0.0109. The van der Waals surface area contributed by atoms with Gasteiger partial charge in [-0.2, -0.15) is 18.3 Å². The molecule has 1 N–H and O–H groups in total. The Morgan fingerprint density at radius 3 is 2.36 bits per heavy atom. The highest BCUT2D eigenvalue weighted by Crippen LogP contribution is 2.37. The van der Waals surface area contributed by atoms with Gasteiger partial charge in [0.2, 0.25) is 5.91 Å². The van der Waals surface area contributed by atoms with E-state index in [1.165, 1.54) is 6.92 Å². The first kappa shape index (κ1) is 24.7. The fourth-order valence-electron chi connectivity index (χ4n) is 3.77. The number of esters is 2. The molecule has 2 heterocycles. The van der Waals surface area contributed by atoms with E-state index in [0.717, 1.165) is 16.0 Å². The number of amides is 1. The largest absolute Gasteiger partial charge is 0.462 e. The number of anilines is 1. The zero-order valence-electron chi connectivity index (χ0n) is 18.4. The topological polar surface area (TPSA) is 99.5 Å². The molecule has 1 aliphatic carbocycles. The van der Waals surface area contributed by atoms with Crippen LogP contribution in [0, 0.1) is 6.92 Å². The number of hydrogen-bond acceptors (Lipinski definition) is 7. The molecule has 33 heavy (non-hydrogen) atoms. The Bertz CT molecular complexity index is 1070. The molecule has 2 aromatic heterocycles. The lowest BCUT2D eigenvalue weighted by molar-refractivity contribution is -0.142. The van der Waals surface area contributed by atoms with Crippen LogP contribution in [0.25, 0.3) is 0 Å². The number of ether oxygens (including phenoxy) is 2. The third-order valence-corrected chi connectivity index (χ3v) is 6.35. The van der Waals surface area contributed by atoms with Gasteiger partial charge in [0.15, 0.2) is 5.69 Å². The standard InChI is InChI=1S/C21H24F3N3O5S/c1-4-31-19(29)15-11(3)16(20(30)32-5-2)33-18(15)25-14(28)10-27-13-9-7-6-8-12(13)17(26-27)21(22,23)24/h4-10H2,1-3H3,(H,25,28). The van der Waals surface area contributed by atoms with E-state index in [1.54, 1.807) is 13.8 Å². The van der Waals surface area contributed by atoms with Crippen LogP contribution in [0.4, 0.5) is 18.2 Å². The SMILES string of the molecule is CCOC(=O)c1sc(NC(=O)Cn2nc(C(F)(F)F)c3c2CCCC3)c(C(=O)OCC)c1C. The lowest BCUT2D eigenvalue weighted by atomic mass is 9.95. The second-order valence-corrected chi connectivity index (χ2v) is 8.41. The van der Waals surface area contributed by atoms with E-state index in [0.29, 0.717) is 30.5 Å². The molecule has 0 saturated heterocycles. The van der Waals surface area contributed by atoms with Crippen LogP contribution in [-0.2, 0) is 39.8 Å². The maximum Gasteiger partial charge on any atom is 0.435 e. The molecule has 180 valence electrons. The summed E-state index contributed by atoms with van der Waals surface area (Å²) in [4.78, 5) is 37.6. The Morgan fingerprint density at radius 1 is 1.09 bits per heavy atom. The van der Waals surface area contributed by atoms with Crippen LogP contribution in [0.3, 0.4) is 0 Å². The van der Waals surface area contributed by atoms with Gasteiger partial charge in [0.1, 0.15) is 16.4 Å². The molecule has 0 bridgehead atoms. The van der Waals surface area contributed by atoms with Crippen LogP contribution in [0.1, 0.15) is 69.2 Å². The van der Waals surface area contributed by atoms with Crippen LogP contribution in [0.2, 0.25) is 0 Å². The van der Waals surface area contributed by atoms with Gasteiger partial charge in [-0.15, -0.1) is 11.3 Å². The summed E-state index contributed by atoms with van der Waals surface area (Å²) in [6.07, 6.45) is -2.63. The number of aromatic nitrogens is 2. The minimum atomic E-state index is -4.61. The molecule has 0 aliphatic heterocycles. The summed E-state index contributed by atoms with van der Waals surface area (Å²) < 4.78 is 51.3. The summed E-state index contributed by atoms with van der Waals surface area (Å²) in [5.41, 5.74) is -0.136. The second kappa shape index (κ2) is 9.94. The van der Waals surface area contributed by atoms with E-state index in [2.05, 4.69) is 10.4 Å². The maximum absolute atomic E-state index is 13.4. The minimum Gasteiger partial charge on any atom is -0.462 e. The molecular weight excluding hydrogens is 463 g/mol. The van der Waals surface area contributed by atoms with Crippen molar-refractivity contribution in [2.24, 2.45) is 0 Å². The molecule has 0 unspecified atom stereocenters. The number of carbonyl (C=O) groups excluding carboxylic acids is 3. The molecule has 12 heteroatoms. The van der Waals surface area contributed by atoms with Crippen molar-refractivity contribution in [3.8, 4) is 0 Å². The van der Waals surface area contributed by atoms with Gasteiger partial charge in [0, 0.05) is 11.3 Å². The molecule has 1 amide bonds. The average molecular weight is 488 g/mol. The molecule has 8 nitrogen and oxygen atoms in total. The second-order valence-electron chi connectivity index (χ2n) is 7.39. The molecule has 0 fully saturated rings. The summed E-state index contributed by atoms with van der Waals surface area (Å²) in [5.74, 6) is -2.06. The summed E-state index contributed by atoms with van der Waals surface area (Å²) in [6, 6.07) is 0. The van der Waals surface area contributed by atoms with Gasteiger partial charge in [-0.05, 0) is 52.0 Å². The fourth-order valence-corrected chi connectivity index (χ4v) is 4.88. The molecule has 0 radical (unpaired) electrons. The lowest BCUT2D eigenvalue weighted by Crippen LogP contribution is -2.22. The average Bonchev–Trinajstić information content (AvgIpc) is 3.26. The molecule has 0 aromatic carbocycles. The van der Waals surface area contributed by atoms with Crippen molar-refractivity contribution >= 4 is 34.2 Å². The number of alkyl halides is 3. The van der Waals surface area contributed by atoms with Crippen molar-refractivity contribution in [2.45, 2.75) is 59.2 Å². The summed E-state index contributed by atoms with van der Waals surface area (Å²) in [7, 11) is 0. The Morgan fingerprint density at radius 2 is 1.73 bits per heavy atom. The van der Waals surface area contributed by atoms with Crippen molar-refractivity contribution in [2.75, 3.05) is 18.5 Å². The highest BCUT2D eigenvalue weighted by atomic mass is 32.1.